The number of thiocarbonyl (C=S) groups is 1. The lowest BCUT2D eigenvalue weighted by Crippen LogP contribution is -2.74. The first-order chi connectivity index (χ1) is 15.8. The summed E-state index contributed by atoms with van der Waals surface area (Å²) in [7, 11) is 0. The highest BCUT2D eigenvalue weighted by Gasteiger charge is 2.59. The average molecular weight is 543 g/mol. The third-order valence-electron chi connectivity index (χ3n) is 5.26. The van der Waals surface area contributed by atoms with Crippen molar-refractivity contribution in [2.45, 2.75) is 36.2 Å². The van der Waals surface area contributed by atoms with Crippen LogP contribution >= 0.6 is 35.7 Å². The Bertz CT molecular complexity index is 980. The lowest BCUT2D eigenvalue weighted by Gasteiger charge is -2.56. The van der Waals surface area contributed by atoms with Gasteiger partial charge in [-0.1, -0.05) is 24.0 Å². The summed E-state index contributed by atoms with van der Waals surface area (Å²) in [5, 5.41) is 23.2. The van der Waals surface area contributed by atoms with Crippen LogP contribution in [0.3, 0.4) is 0 Å². The summed E-state index contributed by atoms with van der Waals surface area (Å²) >= 11 is 7.11. The quantitative estimate of drug-likeness (QED) is 0.219. The number of carbonyl (C=O) groups is 3. The molecule has 3 heterocycles. The van der Waals surface area contributed by atoms with Gasteiger partial charge in [-0.15, -0.1) is 16.9 Å². The van der Waals surface area contributed by atoms with E-state index in [1.807, 2.05) is 0 Å². The van der Waals surface area contributed by atoms with Crippen molar-refractivity contribution in [3.8, 4) is 0 Å². The molecule has 2 fully saturated rings. The Morgan fingerprint density at radius 3 is 2.76 bits per heavy atom. The Kier molecular flexibility index (Phi) is 7.81. The first kappa shape index (κ1) is 26.3. The Morgan fingerprint density at radius 2 is 2.18 bits per heavy atom. The molecular weight excluding hydrogens is 521 g/mol. The van der Waals surface area contributed by atoms with Crippen molar-refractivity contribution in [3.05, 3.63) is 0 Å². The number of nitrogens with one attached hydrogen (secondary N) is 1. The number of nitrogens with two attached hydrogens (primary N) is 1. The normalized spacial score (nSPS) is 24.2. The number of β-lactam (4-membered cyclic amide) rings is 1. The fourth-order valence-electron chi connectivity index (χ4n) is 3.56. The number of nitrogens with zero attached hydrogens (tertiary/aromatic N) is 6. The van der Waals surface area contributed by atoms with E-state index in [4.69, 9.17) is 18.0 Å². The van der Waals surface area contributed by atoms with Gasteiger partial charge in [-0.3, -0.25) is 9.59 Å². The highest BCUT2D eigenvalue weighted by atomic mass is 32.2. The third kappa shape index (κ3) is 5.65. The number of aromatic nitrogens is 4. The van der Waals surface area contributed by atoms with Gasteiger partial charge in [-0.2, -0.15) is 13.2 Å². The minimum Gasteiger partial charge on any atom is -0.481 e. The van der Waals surface area contributed by atoms with E-state index < -0.39 is 47.5 Å². The summed E-state index contributed by atoms with van der Waals surface area (Å²) in [5.41, 5.74) is 3.65. The van der Waals surface area contributed by atoms with Crippen molar-refractivity contribution >= 4 is 58.6 Å². The second kappa shape index (κ2) is 10.1. The molecule has 0 aliphatic carbocycles. The molecule has 18 heteroatoms. The maximum absolute atomic E-state index is 13.0. The van der Waals surface area contributed by atoms with Gasteiger partial charge in [0.25, 0.3) is 0 Å². The number of thioether (sulfide) groups is 2. The van der Waals surface area contributed by atoms with E-state index in [0.29, 0.717) is 5.16 Å². The minimum absolute atomic E-state index is 0.0125. The van der Waals surface area contributed by atoms with Gasteiger partial charge in [0.1, 0.15) is 23.4 Å². The smallest absolute Gasteiger partial charge is 0.405 e. The second-order valence-corrected chi connectivity index (χ2v) is 10.4. The molecule has 2 saturated heterocycles. The SMILES string of the molecule is CC(=S)N(CC(F)(F)F)C1C(=O)N2CC(CSc3nnnn3CCNC(N)=O)(C(=O)O)CS[C@H]12. The molecule has 0 aromatic carbocycles. The predicted octanol–water partition coefficient (Wildman–Crippen LogP) is -0.000200. The number of aliphatic carboxylic acids is 1. The Morgan fingerprint density at radius 1 is 1.47 bits per heavy atom. The average Bonchev–Trinajstić information content (AvgIpc) is 3.17. The topological polar surface area (TPSA) is 160 Å². The van der Waals surface area contributed by atoms with Crippen molar-refractivity contribution in [2.75, 3.05) is 31.1 Å². The van der Waals surface area contributed by atoms with Crippen LogP contribution in [0.5, 0.6) is 0 Å². The van der Waals surface area contributed by atoms with Gasteiger partial charge in [0.15, 0.2) is 0 Å². The number of carboxylic acid groups (broad SMARTS) is 1. The molecule has 3 atom stereocenters. The molecule has 2 aliphatic heterocycles. The number of halogens is 3. The lowest BCUT2D eigenvalue weighted by atomic mass is 9.89. The van der Waals surface area contributed by atoms with E-state index in [-0.39, 0.29) is 36.1 Å². The number of fused-ring (bicyclic) bond motifs is 1. The molecular formula is C16H21F3N8O4S3. The van der Waals surface area contributed by atoms with E-state index in [1.165, 1.54) is 16.5 Å². The zero-order valence-electron chi connectivity index (χ0n) is 17.7. The molecule has 0 radical (unpaired) electrons. The third-order valence-corrected chi connectivity index (χ3v) is 8.31. The van der Waals surface area contributed by atoms with Crippen LogP contribution in [0.25, 0.3) is 0 Å². The van der Waals surface area contributed by atoms with Gasteiger partial charge in [0.05, 0.1) is 11.5 Å². The monoisotopic (exact) mass is 542 g/mol. The maximum atomic E-state index is 13.0. The van der Waals surface area contributed by atoms with Crippen LogP contribution in [0.2, 0.25) is 0 Å². The fraction of sp³-hybridized carbons (Fsp3) is 0.688. The molecule has 0 spiro atoms. The Balaban J connectivity index is 1.68. The number of rotatable bonds is 9. The van der Waals surface area contributed by atoms with Gasteiger partial charge in [0, 0.05) is 24.6 Å². The number of tetrazole rings is 1. The van der Waals surface area contributed by atoms with Crippen LogP contribution in [0, 0.1) is 5.41 Å². The number of alkyl halides is 3. The highest BCUT2D eigenvalue weighted by Crippen LogP contribution is 2.46. The van der Waals surface area contributed by atoms with Gasteiger partial charge in [0.2, 0.25) is 11.1 Å². The molecule has 1 aromatic heterocycles. The molecule has 0 saturated carbocycles. The van der Waals surface area contributed by atoms with Crippen LogP contribution in [0.4, 0.5) is 18.0 Å². The zero-order valence-corrected chi connectivity index (χ0v) is 20.1. The largest absolute Gasteiger partial charge is 0.481 e. The van der Waals surface area contributed by atoms with E-state index in [1.54, 1.807) is 0 Å². The number of urea groups is 1. The molecule has 3 rings (SSSR count). The Hall–Kier alpha value is -2.34. The molecule has 3 amide bonds. The minimum atomic E-state index is -4.54. The predicted molar refractivity (Wildman–Crippen MR) is 119 cm³/mol. The van der Waals surface area contributed by atoms with Crippen LogP contribution in [-0.4, -0.2) is 107 Å². The summed E-state index contributed by atoms with van der Waals surface area (Å²) in [6.07, 6.45) is -4.54. The van der Waals surface area contributed by atoms with E-state index in [9.17, 15) is 32.7 Å². The van der Waals surface area contributed by atoms with Crippen molar-refractivity contribution < 1.29 is 32.7 Å². The Labute approximate surface area is 205 Å². The molecule has 4 N–H and O–H groups in total. The van der Waals surface area contributed by atoms with Gasteiger partial charge < -0.3 is 26.0 Å². The van der Waals surface area contributed by atoms with Crippen LogP contribution in [0.15, 0.2) is 5.16 Å². The highest BCUT2D eigenvalue weighted by molar-refractivity contribution is 8.00. The van der Waals surface area contributed by atoms with Crippen molar-refractivity contribution in [1.29, 1.82) is 0 Å². The number of primary amides is 1. The molecule has 0 bridgehead atoms. The van der Waals surface area contributed by atoms with Gasteiger partial charge in [-0.25, -0.2) is 9.48 Å². The number of hydrogen-bond acceptors (Lipinski definition) is 9. The molecule has 2 unspecified atom stereocenters. The molecule has 12 nitrogen and oxygen atoms in total. The molecule has 1 aromatic rings. The van der Waals surface area contributed by atoms with Gasteiger partial charge >= 0.3 is 18.2 Å². The fourth-order valence-corrected chi connectivity index (χ4v) is 6.57. The summed E-state index contributed by atoms with van der Waals surface area (Å²) in [6, 6.07) is -1.80. The lowest BCUT2D eigenvalue weighted by molar-refractivity contribution is -0.168. The van der Waals surface area contributed by atoms with Crippen molar-refractivity contribution in [1.82, 2.24) is 35.3 Å². The van der Waals surface area contributed by atoms with Crippen LogP contribution in [0.1, 0.15) is 6.92 Å². The summed E-state index contributed by atoms with van der Waals surface area (Å²) < 4.78 is 40.4. The molecule has 34 heavy (non-hydrogen) atoms. The molecule has 188 valence electrons. The molecule has 2 aliphatic rings. The number of hydrogen-bond donors (Lipinski definition) is 3. The van der Waals surface area contributed by atoms with Crippen molar-refractivity contribution in [3.63, 3.8) is 0 Å². The maximum Gasteiger partial charge on any atom is 0.405 e. The van der Waals surface area contributed by atoms with Crippen LogP contribution < -0.4 is 11.1 Å². The number of amides is 3. The summed E-state index contributed by atoms with van der Waals surface area (Å²) in [5.74, 6) is -1.65. The summed E-state index contributed by atoms with van der Waals surface area (Å²) in [4.78, 5) is 37.8. The first-order valence-electron chi connectivity index (χ1n) is 9.76. The second-order valence-electron chi connectivity index (χ2n) is 7.72. The summed E-state index contributed by atoms with van der Waals surface area (Å²) in [6.45, 7) is 0.173. The van der Waals surface area contributed by atoms with Gasteiger partial charge in [-0.05, 0) is 17.4 Å². The first-order valence-corrected chi connectivity index (χ1v) is 12.2. The zero-order chi connectivity index (χ0) is 25.3. The van der Waals surface area contributed by atoms with E-state index in [0.717, 1.165) is 28.4 Å². The van der Waals surface area contributed by atoms with E-state index in [2.05, 4.69) is 20.8 Å². The van der Waals surface area contributed by atoms with Crippen molar-refractivity contribution in [2.24, 2.45) is 11.1 Å². The number of carboxylic acids is 1. The van der Waals surface area contributed by atoms with Crippen LogP contribution in [-0.2, 0) is 16.1 Å². The number of carbonyl (C=O) groups excluding carboxylic acids is 2. The van der Waals surface area contributed by atoms with E-state index >= 15 is 0 Å². The standard InChI is InChI=1S/C16H21F3N8O4S3/c1-8(32)25(5-16(17,18)19)9-10(28)26-4-15(12(29)30,6-33-11(9)26)7-34-14-22-23-24-27(14)3-2-21-13(20)31/h9,11H,2-7H2,1H3,(H,29,30)(H3,20,21,31)/t9?,11-,15?/m1/s1.